The third-order valence-corrected chi connectivity index (χ3v) is 4.15. The zero-order valence-corrected chi connectivity index (χ0v) is 13.0. The monoisotopic (exact) mass is 350 g/mol. The molecule has 1 aromatic carbocycles. The molecular weight excluding hydrogens is 341 g/mol. The number of aromatic nitrogens is 4. The molecule has 0 aliphatic carbocycles. The summed E-state index contributed by atoms with van der Waals surface area (Å²) < 4.78 is 44.6. The van der Waals surface area contributed by atoms with Crippen LogP contribution in [0.15, 0.2) is 45.0 Å². The van der Waals surface area contributed by atoms with Crippen LogP contribution in [0.25, 0.3) is 22.1 Å². The van der Waals surface area contributed by atoms with E-state index < -0.39 is 12.0 Å². The van der Waals surface area contributed by atoms with Crippen LogP contribution in [-0.4, -0.2) is 19.9 Å². The van der Waals surface area contributed by atoms with Crippen LogP contribution >= 0.6 is 11.8 Å². The van der Waals surface area contributed by atoms with Crippen molar-refractivity contribution in [2.45, 2.75) is 23.3 Å². The molecule has 0 spiro atoms. The third-order valence-electron chi connectivity index (χ3n) is 3.30. The molecule has 24 heavy (non-hydrogen) atoms. The van der Waals surface area contributed by atoms with Gasteiger partial charge in [0, 0.05) is 5.69 Å². The molecule has 9 heteroatoms. The third kappa shape index (κ3) is 2.60. The van der Waals surface area contributed by atoms with E-state index >= 15 is 0 Å². The quantitative estimate of drug-likeness (QED) is 0.536. The number of hydrogen-bond acceptors (Lipinski definition) is 5. The predicted octanol–water partition coefficient (Wildman–Crippen LogP) is 4.58. The lowest BCUT2D eigenvalue weighted by Gasteiger charge is -2.06. The van der Waals surface area contributed by atoms with E-state index in [-0.39, 0.29) is 15.9 Å². The van der Waals surface area contributed by atoms with Gasteiger partial charge in [0.05, 0.1) is 5.39 Å². The molecule has 0 saturated heterocycles. The summed E-state index contributed by atoms with van der Waals surface area (Å²) in [6.45, 7) is 1.74. The Labute approximate surface area is 137 Å². The molecule has 122 valence electrons. The van der Waals surface area contributed by atoms with Gasteiger partial charge in [-0.05, 0) is 36.9 Å². The molecule has 0 amide bonds. The van der Waals surface area contributed by atoms with Gasteiger partial charge in [0.1, 0.15) is 16.2 Å². The number of halogens is 3. The first-order valence-corrected chi connectivity index (χ1v) is 7.70. The summed E-state index contributed by atoms with van der Waals surface area (Å²) in [5, 5.41) is 0.860. The highest BCUT2D eigenvalue weighted by molar-refractivity contribution is 7.99. The summed E-state index contributed by atoms with van der Waals surface area (Å²) in [5.41, 5.74) is 2.02. The highest BCUT2D eigenvalue weighted by atomic mass is 32.2. The van der Waals surface area contributed by atoms with E-state index in [9.17, 15) is 13.2 Å². The molecule has 0 aliphatic rings. The number of nitrogens with zero attached hydrogens (tertiary/aromatic N) is 3. The molecule has 0 radical (unpaired) electrons. The SMILES string of the molecule is Cc1cc2c(Sc3nc4ccccc4o3)nc(C(F)(F)F)nc2[nH]1. The number of oxazole rings is 1. The van der Waals surface area contributed by atoms with E-state index in [4.69, 9.17) is 4.42 Å². The van der Waals surface area contributed by atoms with Crippen LogP contribution in [-0.2, 0) is 6.18 Å². The number of para-hydroxylation sites is 2. The molecule has 4 aromatic rings. The number of nitrogens with one attached hydrogen (secondary N) is 1. The van der Waals surface area contributed by atoms with E-state index in [2.05, 4.69) is 19.9 Å². The lowest BCUT2D eigenvalue weighted by atomic mass is 10.3. The number of benzene rings is 1. The van der Waals surface area contributed by atoms with E-state index in [1.807, 2.05) is 0 Å². The number of hydrogen-bond donors (Lipinski definition) is 1. The molecule has 0 fully saturated rings. The summed E-state index contributed by atoms with van der Waals surface area (Å²) in [6, 6.07) is 8.80. The number of fused-ring (bicyclic) bond motifs is 2. The maximum absolute atomic E-state index is 13.0. The Balaban J connectivity index is 1.85. The molecule has 0 saturated carbocycles. The van der Waals surface area contributed by atoms with Crippen molar-refractivity contribution >= 4 is 33.9 Å². The van der Waals surface area contributed by atoms with Crippen LogP contribution in [0.1, 0.15) is 11.5 Å². The van der Waals surface area contributed by atoms with Crippen molar-refractivity contribution in [2.75, 3.05) is 0 Å². The predicted molar refractivity (Wildman–Crippen MR) is 81.8 cm³/mol. The first kappa shape index (κ1) is 15.0. The van der Waals surface area contributed by atoms with Crippen LogP contribution in [0.3, 0.4) is 0 Å². The summed E-state index contributed by atoms with van der Waals surface area (Å²) >= 11 is 0.938. The Kier molecular flexibility index (Phi) is 3.27. The molecular formula is C15H9F3N4OS. The highest BCUT2D eigenvalue weighted by Gasteiger charge is 2.36. The van der Waals surface area contributed by atoms with Crippen molar-refractivity contribution in [3.63, 3.8) is 0 Å². The Morgan fingerprint density at radius 3 is 2.67 bits per heavy atom. The Morgan fingerprint density at radius 2 is 1.92 bits per heavy atom. The normalized spacial score (nSPS) is 12.3. The Morgan fingerprint density at radius 1 is 1.12 bits per heavy atom. The van der Waals surface area contributed by atoms with Crippen molar-refractivity contribution in [2.24, 2.45) is 0 Å². The minimum absolute atomic E-state index is 0.133. The fourth-order valence-electron chi connectivity index (χ4n) is 2.30. The fourth-order valence-corrected chi connectivity index (χ4v) is 3.13. The zero-order valence-electron chi connectivity index (χ0n) is 12.2. The molecule has 1 N–H and O–H groups in total. The van der Waals surface area contributed by atoms with Crippen LogP contribution in [0.5, 0.6) is 0 Å². The van der Waals surface area contributed by atoms with Crippen molar-refractivity contribution in [3.8, 4) is 0 Å². The fraction of sp³-hybridized carbons (Fsp3) is 0.133. The van der Waals surface area contributed by atoms with Gasteiger partial charge in [-0.1, -0.05) is 12.1 Å². The molecule has 0 bridgehead atoms. The minimum atomic E-state index is -4.64. The molecule has 3 aromatic heterocycles. The second-order valence-electron chi connectivity index (χ2n) is 5.11. The number of aryl methyl sites for hydroxylation is 1. The summed E-state index contributed by atoms with van der Waals surface area (Å²) in [4.78, 5) is 14.3. The largest absolute Gasteiger partial charge is 0.451 e. The smallest absolute Gasteiger partial charge is 0.431 e. The van der Waals surface area contributed by atoms with Gasteiger partial charge < -0.3 is 9.40 Å². The van der Waals surface area contributed by atoms with E-state index in [0.29, 0.717) is 22.2 Å². The lowest BCUT2D eigenvalue weighted by molar-refractivity contribution is -0.145. The summed E-state index contributed by atoms with van der Waals surface area (Å²) in [7, 11) is 0. The molecule has 3 heterocycles. The number of H-pyrrole nitrogens is 1. The van der Waals surface area contributed by atoms with Crippen LogP contribution < -0.4 is 0 Å². The van der Waals surface area contributed by atoms with Crippen molar-refractivity contribution in [1.82, 2.24) is 19.9 Å². The second kappa shape index (κ2) is 5.23. The van der Waals surface area contributed by atoms with Crippen LogP contribution in [0, 0.1) is 6.92 Å². The maximum Gasteiger partial charge on any atom is 0.451 e. The van der Waals surface area contributed by atoms with Gasteiger partial charge in [-0.15, -0.1) is 0 Å². The molecule has 5 nitrogen and oxygen atoms in total. The number of aromatic amines is 1. The van der Waals surface area contributed by atoms with Crippen molar-refractivity contribution < 1.29 is 17.6 Å². The Bertz CT molecular complexity index is 1020. The molecule has 4 rings (SSSR count). The lowest BCUT2D eigenvalue weighted by Crippen LogP contribution is -2.11. The van der Waals surface area contributed by atoms with E-state index in [0.717, 1.165) is 11.8 Å². The number of rotatable bonds is 2. The molecule has 0 atom stereocenters. The summed E-state index contributed by atoms with van der Waals surface area (Å²) in [6.07, 6.45) is -4.64. The van der Waals surface area contributed by atoms with Crippen LogP contribution in [0.4, 0.5) is 13.2 Å². The van der Waals surface area contributed by atoms with E-state index in [1.165, 1.54) is 0 Å². The molecule has 0 aliphatic heterocycles. The van der Waals surface area contributed by atoms with Gasteiger partial charge in [0.25, 0.3) is 5.22 Å². The summed E-state index contributed by atoms with van der Waals surface area (Å²) in [5.74, 6) is -1.20. The maximum atomic E-state index is 13.0. The van der Waals surface area contributed by atoms with E-state index in [1.54, 1.807) is 37.3 Å². The standard InChI is InChI=1S/C15H9F3N4OS/c1-7-6-8-11(19-7)21-13(15(16,17)18)22-12(8)24-14-20-9-4-2-3-5-10(9)23-14/h2-6H,1H3,(H,19,21,22). The average Bonchev–Trinajstić information content (AvgIpc) is 3.07. The van der Waals surface area contributed by atoms with Gasteiger partial charge >= 0.3 is 6.18 Å². The number of alkyl halides is 3. The van der Waals surface area contributed by atoms with Gasteiger partial charge in [0.15, 0.2) is 5.58 Å². The Hall–Kier alpha value is -2.55. The molecule has 0 unspecified atom stereocenters. The van der Waals surface area contributed by atoms with Gasteiger partial charge in [0.2, 0.25) is 5.82 Å². The average molecular weight is 350 g/mol. The van der Waals surface area contributed by atoms with Gasteiger partial charge in [-0.2, -0.15) is 13.2 Å². The van der Waals surface area contributed by atoms with Gasteiger partial charge in [-0.3, -0.25) is 0 Å². The minimum Gasteiger partial charge on any atom is -0.431 e. The second-order valence-corrected chi connectivity index (χ2v) is 6.05. The van der Waals surface area contributed by atoms with Crippen molar-refractivity contribution in [3.05, 3.63) is 41.9 Å². The van der Waals surface area contributed by atoms with Gasteiger partial charge in [-0.25, -0.2) is 15.0 Å². The first-order valence-electron chi connectivity index (χ1n) is 6.88. The topological polar surface area (TPSA) is 67.6 Å². The van der Waals surface area contributed by atoms with Crippen LogP contribution in [0.2, 0.25) is 0 Å². The highest BCUT2D eigenvalue weighted by Crippen LogP contribution is 2.36. The zero-order chi connectivity index (χ0) is 16.9. The van der Waals surface area contributed by atoms with Crippen molar-refractivity contribution in [1.29, 1.82) is 0 Å². The first-order chi connectivity index (χ1) is 11.4.